The quantitative estimate of drug-likeness (QED) is 0.368. The van der Waals surface area contributed by atoms with Crippen LogP contribution in [-0.2, 0) is 6.42 Å². The molecule has 3 nitrogen and oxygen atoms in total. The van der Waals surface area contributed by atoms with Crippen molar-refractivity contribution in [1.82, 2.24) is 9.97 Å². The van der Waals surface area contributed by atoms with Gasteiger partial charge in [-0.15, -0.1) is 11.3 Å². The molecule has 3 rings (SSSR count). The Hall–Kier alpha value is -2.13. The standard InChI is InChI=1S/C18H15F4N3S2/c1-2-3-12-8-11(6-7-23-12)17-24-16(10-26-17)14-5-4-13(9-15(14)19)25-27-18(20,21)22/h4-10,25H,2-3H2,1H3. The number of hydrogen-bond acceptors (Lipinski definition) is 5. The minimum atomic E-state index is -4.44. The summed E-state index contributed by atoms with van der Waals surface area (Å²) in [6.07, 6.45) is 3.57. The number of rotatable bonds is 6. The topological polar surface area (TPSA) is 37.8 Å². The number of aromatic nitrogens is 2. The zero-order valence-corrected chi connectivity index (χ0v) is 15.8. The zero-order valence-electron chi connectivity index (χ0n) is 14.2. The van der Waals surface area contributed by atoms with E-state index in [2.05, 4.69) is 21.6 Å². The zero-order chi connectivity index (χ0) is 19.4. The third-order valence-corrected chi connectivity index (χ3v) is 5.06. The van der Waals surface area contributed by atoms with Crippen LogP contribution in [0.25, 0.3) is 21.8 Å². The largest absolute Gasteiger partial charge is 0.461 e. The van der Waals surface area contributed by atoms with Gasteiger partial charge in [-0.05, 0) is 36.8 Å². The first-order chi connectivity index (χ1) is 12.9. The highest BCUT2D eigenvalue weighted by atomic mass is 32.2. The number of aryl methyl sites for hydroxylation is 1. The number of hydrogen-bond donors (Lipinski definition) is 1. The Morgan fingerprint density at radius 2 is 2.00 bits per heavy atom. The monoisotopic (exact) mass is 413 g/mol. The van der Waals surface area contributed by atoms with Gasteiger partial charge in [0.05, 0.1) is 17.6 Å². The molecule has 27 heavy (non-hydrogen) atoms. The fourth-order valence-electron chi connectivity index (χ4n) is 2.44. The third kappa shape index (κ3) is 5.20. The van der Waals surface area contributed by atoms with Crippen LogP contribution in [0.2, 0.25) is 0 Å². The minimum Gasteiger partial charge on any atom is -0.322 e. The smallest absolute Gasteiger partial charge is 0.322 e. The van der Waals surface area contributed by atoms with Crippen molar-refractivity contribution in [2.24, 2.45) is 0 Å². The first kappa shape index (κ1) is 19.6. The lowest BCUT2D eigenvalue weighted by Crippen LogP contribution is -2.04. The maximum absolute atomic E-state index is 14.4. The Morgan fingerprint density at radius 3 is 2.70 bits per heavy atom. The summed E-state index contributed by atoms with van der Waals surface area (Å²) in [6.45, 7) is 2.07. The van der Waals surface area contributed by atoms with E-state index in [4.69, 9.17) is 0 Å². The first-order valence-electron chi connectivity index (χ1n) is 8.07. The summed E-state index contributed by atoms with van der Waals surface area (Å²) in [7, 11) is 0. The van der Waals surface area contributed by atoms with E-state index < -0.39 is 23.3 Å². The second kappa shape index (κ2) is 8.26. The van der Waals surface area contributed by atoms with Crippen LogP contribution in [0.1, 0.15) is 19.0 Å². The van der Waals surface area contributed by atoms with Crippen molar-refractivity contribution in [2.45, 2.75) is 25.3 Å². The van der Waals surface area contributed by atoms with Crippen molar-refractivity contribution in [1.29, 1.82) is 0 Å². The van der Waals surface area contributed by atoms with Crippen molar-refractivity contribution in [3.63, 3.8) is 0 Å². The van der Waals surface area contributed by atoms with Crippen LogP contribution in [0.4, 0.5) is 23.2 Å². The van der Waals surface area contributed by atoms with Gasteiger partial charge in [0.2, 0.25) is 0 Å². The molecule has 142 valence electrons. The molecule has 1 aromatic carbocycles. The molecule has 3 aromatic rings. The van der Waals surface area contributed by atoms with Gasteiger partial charge in [0.1, 0.15) is 10.8 Å². The van der Waals surface area contributed by atoms with Crippen LogP contribution in [0.15, 0.2) is 41.9 Å². The summed E-state index contributed by atoms with van der Waals surface area (Å²) in [4.78, 5) is 8.78. The number of nitrogens with zero attached hydrogens (tertiary/aromatic N) is 2. The maximum atomic E-state index is 14.4. The second-order valence-corrected chi connectivity index (χ2v) is 7.40. The molecular weight excluding hydrogens is 398 g/mol. The molecule has 9 heteroatoms. The van der Waals surface area contributed by atoms with Crippen molar-refractivity contribution in [3.05, 3.63) is 53.4 Å². The molecule has 0 saturated carbocycles. The molecular formula is C18H15F4N3S2. The SMILES string of the molecule is CCCc1cc(-c2nc(-c3ccc(NSC(F)(F)F)cc3F)cs2)ccn1. The molecule has 0 fully saturated rings. The lowest BCUT2D eigenvalue weighted by atomic mass is 10.1. The summed E-state index contributed by atoms with van der Waals surface area (Å²) in [5, 5.41) is 2.46. The number of pyridine rings is 1. The van der Waals surface area contributed by atoms with Gasteiger partial charge in [-0.3, -0.25) is 4.98 Å². The minimum absolute atomic E-state index is 0.0346. The molecule has 1 N–H and O–H groups in total. The van der Waals surface area contributed by atoms with Crippen LogP contribution in [0, 0.1) is 5.82 Å². The van der Waals surface area contributed by atoms with Gasteiger partial charge in [0, 0.05) is 34.1 Å². The van der Waals surface area contributed by atoms with E-state index >= 15 is 0 Å². The molecule has 0 radical (unpaired) electrons. The van der Waals surface area contributed by atoms with Crippen LogP contribution in [0.3, 0.4) is 0 Å². The van der Waals surface area contributed by atoms with Gasteiger partial charge in [-0.1, -0.05) is 13.3 Å². The number of nitrogens with one attached hydrogen (secondary N) is 1. The fourth-order valence-corrected chi connectivity index (χ4v) is 3.61. The van der Waals surface area contributed by atoms with Crippen LogP contribution in [-0.4, -0.2) is 15.5 Å². The number of anilines is 1. The van der Waals surface area contributed by atoms with Crippen molar-refractivity contribution < 1.29 is 17.6 Å². The third-order valence-electron chi connectivity index (χ3n) is 3.60. The summed E-state index contributed by atoms with van der Waals surface area (Å²) in [6, 6.07) is 7.65. The van der Waals surface area contributed by atoms with Gasteiger partial charge in [0.25, 0.3) is 0 Å². The maximum Gasteiger partial charge on any atom is 0.461 e. The van der Waals surface area contributed by atoms with Gasteiger partial charge in [-0.25, -0.2) is 9.37 Å². The number of halogens is 4. The Morgan fingerprint density at radius 1 is 1.19 bits per heavy atom. The predicted octanol–water partition coefficient (Wildman–Crippen LogP) is 6.54. The lowest BCUT2D eigenvalue weighted by molar-refractivity contribution is -0.0323. The van der Waals surface area contributed by atoms with E-state index in [-0.39, 0.29) is 11.3 Å². The Balaban J connectivity index is 1.81. The molecule has 0 aliphatic carbocycles. The molecule has 0 amide bonds. The Labute approximate surface area is 162 Å². The summed E-state index contributed by atoms with van der Waals surface area (Å²) in [5.74, 6) is -0.638. The highest BCUT2D eigenvalue weighted by molar-refractivity contribution is 8.01. The molecule has 0 aliphatic heterocycles. The Bertz CT molecular complexity index is 925. The van der Waals surface area contributed by atoms with Crippen molar-refractivity contribution >= 4 is 29.0 Å². The molecule has 2 aromatic heterocycles. The average molecular weight is 413 g/mol. The molecule has 0 bridgehead atoms. The van der Waals surface area contributed by atoms with Crippen LogP contribution < -0.4 is 4.72 Å². The Kier molecular flexibility index (Phi) is 6.01. The summed E-state index contributed by atoms with van der Waals surface area (Å²) < 4.78 is 53.1. The molecule has 0 unspecified atom stereocenters. The molecule has 0 atom stereocenters. The predicted molar refractivity (Wildman–Crippen MR) is 102 cm³/mol. The highest BCUT2D eigenvalue weighted by Gasteiger charge is 2.29. The van der Waals surface area contributed by atoms with Gasteiger partial charge >= 0.3 is 5.51 Å². The molecule has 0 spiro atoms. The number of thiazole rings is 1. The average Bonchev–Trinajstić information content (AvgIpc) is 3.10. The van der Waals surface area contributed by atoms with Crippen molar-refractivity contribution in [3.8, 4) is 21.8 Å². The molecule has 2 heterocycles. The van der Waals surface area contributed by atoms with E-state index in [1.807, 2.05) is 12.1 Å². The summed E-state index contributed by atoms with van der Waals surface area (Å²) in [5.41, 5.74) is -1.85. The number of alkyl halides is 3. The van der Waals surface area contributed by atoms with Gasteiger partial charge in [-0.2, -0.15) is 13.2 Å². The lowest BCUT2D eigenvalue weighted by Gasteiger charge is -2.09. The first-order valence-corrected chi connectivity index (χ1v) is 9.77. The van der Waals surface area contributed by atoms with Crippen molar-refractivity contribution in [2.75, 3.05) is 4.72 Å². The molecule has 0 aliphatic rings. The van der Waals surface area contributed by atoms with E-state index in [0.717, 1.165) is 35.2 Å². The van der Waals surface area contributed by atoms with E-state index in [1.165, 1.54) is 23.5 Å². The molecule has 0 saturated heterocycles. The van der Waals surface area contributed by atoms with E-state index in [0.29, 0.717) is 5.69 Å². The number of benzene rings is 1. The van der Waals surface area contributed by atoms with E-state index in [9.17, 15) is 17.6 Å². The van der Waals surface area contributed by atoms with Gasteiger partial charge in [0.15, 0.2) is 0 Å². The van der Waals surface area contributed by atoms with Crippen LogP contribution >= 0.6 is 23.3 Å². The normalized spacial score (nSPS) is 11.6. The fraction of sp³-hybridized carbons (Fsp3) is 0.222. The summed E-state index contributed by atoms with van der Waals surface area (Å²) >= 11 is 0.944. The van der Waals surface area contributed by atoms with Crippen LogP contribution in [0.5, 0.6) is 0 Å². The van der Waals surface area contributed by atoms with E-state index in [1.54, 1.807) is 11.6 Å². The van der Waals surface area contributed by atoms with Gasteiger partial charge < -0.3 is 4.72 Å². The highest BCUT2D eigenvalue weighted by Crippen LogP contribution is 2.34. The second-order valence-electron chi connectivity index (χ2n) is 5.67.